The van der Waals surface area contributed by atoms with E-state index in [-0.39, 0.29) is 6.04 Å². The molecule has 0 amide bonds. The summed E-state index contributed by atoms with van der Waals surface area (Å²) in [7, 11) is -0.734. The van der Waals surface area contributed by atoms with Crippen LogP contribution < -0.4 is 5.32 Å². The van der Waals surface area contributed by atoms with Gasteiger partial charge in [0.15, 0.2) is 0 Å². The predicted molar refractivity (Wildman–Crippen MR) is 62.1 cm³/mol. The molecule has 0 radical (unpaired) electrons. The Morgan fingerprint density at radius 2 is 2.36 bits per heavy atom. The van der Waals surface area contributed by atoms with Crippen LogP contribution in [0.1, 0.15) is 24.8 Å². The van der Waals surface area contributed by atoms with E-state index in [4.69, 9.17) is 0 Å². The molecule has 0 saturated heterocycles. The van der Waals surface area contributed by atoms with Crippen LogP contribution >= 0.6 is 11.3 Å². The number of nitrogens with zero attached hydrogens (tertiary/aromatic N) is 1. The summed E-state index contributed by atoms with van der Waals surface area (Å²) >= 11 is 1.64. The summed E-state index contributed by atoms with van der Waals surface area (Å²) < 4.78 is 11.0. The van der Waals surface area contributed by atoms with Gasteiger partial charge in [-0.2, -0.15) is 0 Å². The number of hydrogen-bond donors (Lipinski definition) is 1. The second kappa shape index (κ2) is 5.58. The highest BCUT2D eigenvalue weighted by Gasteiger charge is 2.11. The quantitative estimate of drug-likeness (QED) is 0.837. The fourth-order valence-corrected chi connectivity index (χ4v) is 2.79. The second-order valence-corrected chi connectivity index (χ2v) is 5.83. The van der Waals surface area contributed by atoms with E-state index < -0.39 is 10.8 Å². The van der Waals surface area contributed by atoms with E-state index in [0.29, 0.717) is 11.8 Å². The molecule has 1 N–H and O–H groups in total. The van der Waals surface area contributed by atoms with Crippen LogP contribution in [0, 0.1) is 0 Å². The van der Waals surface area contributed by atoms with E-state index in [2.05, 4.69) is 24.1 Å². The lowest BCUT2D eigenvalue weighted by molar-refractivity contribution is 0.513. The van der Waals surface area contributed by atoms with Gasteiger partial charge < -0.3 is 5.32 Å². The average Bonchev–Trinajstić information content (AvgIpc) is 2.53. The van der Waals surface area contributed by atoms with Gasteiger partial charge >= 0.3 is 0 Å². The lowest BCUT2D eigenvalue weighted by atomic mass is 10.2. The zero-order valence-electron chi connectivity index (χ0n) is 8.69. The molecular weight excluding hydrogens is 216 g/mol. The fourth-order valence-electron chi connectivity index (χ4n) is 1.35. The molecule has 0 fully saturated rings. The van der Waals surface area contributed by atoms with Crippen LogP contribution in [0.5, 0.6) is 0 Å². The molecule has 1 aromatic rings. The highest BCUT2D eigenvalue weighted by molar-refractivity contribution is 7.84. The number of hydrogen-bond acceptors (Lipinski definition) is 4. The highest BCUT2D eigenvalue weighted by atomic mass is 32.2. The molecule has 14 heavy (non-hydrogen) atoms. The van der Waals surface area contributed by atoms with Crippen molar-refractivity contribution in [3.8, 4) is 0 Å². The molecular formula is C9H16N2OS2. The smallest absolute Gasteiger partial charge is 0.0794 e. The van der Waals surface area contributed by atoms with E-state index in [9.17, 15) is 4.21 Å². The van der Waals surface area contributed by atoms with E-state index in [0.717, 1.165) is 0 Å². The standard InChI is InChI=1S/C9H16N2OS2/c1-7(5-14(3)12)11-8(2)9-4-10-6-13-9/h4,6-8,11H,5H2,1-3H3. The summed E-state index contributed by atoms with van der Waals surface area (Å²) in [6.07, 6.45) is 3.60. The zero-order valence-corrected chi connectivity index (χ0v) is 10.3. The summed E-state index contributed by atoms with van der Waals surface area (Å²) in [6, 6.07) is 0.569. The SMILES string of the molecule is CC(CS(C)=O)NC(C)c1cncs1. The monoisotopic (exact) mass is 232 g/mol. The van der Waals surface area contributed by atoms with Gasteiger partial charge in [0.25, 0.3) is 0 Å². The summed E-state index contributed by atoms with van der Waals surface area (Å²) in [5, 5.41) is 3.39. The molecule has 0 aliphatic heterocycles. The Bertz CT molecular complexity index is 287. The zero-order chi connectivity index (χ0) is 10.6. The van der Waals surface area contributed by atoms with E-state index in [1.165, 1.54) is 4.88 Å². The third-order valence-electron chi connectivity index (χ3n) is 1.90. The molecule has 0 saturated carbocycles. The number of nitrogens with one attached hydrogen (secondary N) is 1. The molecule has 0 aliphatic carbocycles. The summed E-state index contributed by atoms with van der Waals surface area (Å²) in [5.74, 6) is 0.698. The molecule has 1 rings (SSSR count). The van der Waals surface area contributed by atoms with Gasteiger partial charge in [0, 0.05) is 46.0 Å². The van der Waals surface area contributed by atoms with Gasteiger partial charge in [0.05, 0.1) is 5.51 Å². The third-order valence-corrected chi connectivity index (χ3v) is 3.83. The van der Waals surface area contributed by atoms with E-state index in [1.54, 1.807) is 17.6 Å². The minimum atomic E-state index is -0.734. The summed E-state index contributed by atoms with van der Waals surface area (Å²) in [6.45, 7) is 4.15. The van der Waals surface area contributed by atoms with Crippen molar-refractivity contribution >= 4 is 22.1 Å². The van der Waals surface area contributed by atoms with Crippen LogP contribution in [-0.2, 0) is 10.8 Å². The Kier molecular flexibility index (Phi) is 4.71. The van der Waals surface area contributed by atoms with Gasteiger partial charge in [0.1, 0.15) is 0 Å². The topological polar surface area (TPSA) is 42.0 Å². The molecule has 0 bridgehead atoms. The van der Waals surface area contributed by atoms with Gasteiger partial charge in [0.2, 0.25) is 0 Å². The van der Waals surface area contributed by atoms with Crippen molar-refractivity contribution in [3.63, 3.8) is 0 Å². The summed E-state index contributed by atoms with van der Waals surface area (Å²) in [4.78, 5) is 5.25. The maximum atomic E-state index is 11.0. The highest BCUT2D eigenvalue weighted by Crippen LogP contribution is 2.16. The lowest BCUT2D eigenvalue weighted by Gasteiger charge is -2.17. The maximum absolute atomic E-state index is 11.0. The average molecular weight is 232 g/mol. The van der Waals surface area contributed by atoms with Crippen LogP contribution in [0.4, 0.5) is 0 Å². The van der Waals surface area contributed by atoms with Crippen LogP contribution in [0.15, 0.2) is 11.7 Å². The Morgan fingerprint density at radius 3 is 2.86 bits per heavy atom. The van der Waals surface area contributed by atoms with E-state index >= 15 is 0 Å². The minimum absolute atomic E-state index is 0.276. The first-order chi connectivity index (χ1) is 6.59. The van der Waals surface area contributed by atoms with Gasteiger partial charge in [-0.25, -0.2) is 0 Å². The normalized spacial score (nSPS) is 17.6. The largest absolute Gasteiger partial charge is 0.306 e. The number of rotatable bonds is 5. The molecule has 1 aromatic heterocycles. The molecule has 0 aliphatic rings. The van der Waals surface area contributed by atoms with Crippen molar-refractivity contribution in [2.24, 2.45) is 0 Å². The second-order valence-electron chi connectivity index (χ2n) is 3.43. The molecule has 0 spiro atoms. The van der Waals surface area contributed by atoms with Gasteiger partial charge in [-0.05, 0) is 13.8 Å². The first-order valence-electron chi connectivity index (χ1n) is 4.54. The Hall–Kier alpha value is -0.260. The lowest BCUT2D eigenvalue weighted by Crippen LogP contribution is -2.32. The van der Waals surface area contributed by atoms with Crippen molar-refractivity contribution in [3.05, 3.63) is 16.6 Å². The van der Waals surface area contributed by atoms with Crippen LogP contribution in [0.25, 0.3) is 0 Å². The third kappa shape index (κ3) is 3.86. The van der Waals surface area contributed by atoms with Crippen molar-refractivity contribution in [2.75, 3.05) is 12.0 Å². The van der Waals surface area contributed by atoms with Gasteiger partial charge in [-0.15, -0.1) is 11.3 Å². The predicted octanol–water partition coefficient (Wildman–Crippen LogP) is 1.56. The van der Waals surface area contributed by atoms with Crippen molar-refractivity contribution in [1.29, 1.82) is 0 Å². The Balaban J connectivity index is 2.41. The van der Waals surface area contributed by atoms with E-state index in [1.807, 2.05) is 11.7 Å². The number of aromatic nitrogens is 1. The maximum Gasteiger partial charge on any atom is 0.0794 e. The Morgan fingerprint density at radius 1 is 1.64 bits per heavy atom. The van der Waals surface area contributed by atoms with Crippen LogP contribution in [0.2, 0.25) is 0 Å². The first-order valence-corrected chi connectivity index (χ1v) is 7.14. The van der Waals surface area contributed by atoms with Crippen molar-refractivity contribution in [2.45, 2.75) is 25.9 Å². The first kappa shape index (κ1) is 11.8. The molecule has 80 valence electrons. The van der Waals surface area contributed by atoms with Crippen molar-refractivity contribution in [1.82, 2.24) is 10.3 Å². The molecule has 0 aromatic carbocycles. The fraction of sp³-hybridized carbons (Fsp3) is 0.667. The minimum Gasteiger partial charge on any atom is -0.306 e. The van der Waals surface area contributed by atoms with Crippen molar-refractivity contribution < 1.29 is 4.21 Å². The molecule has 5 heteroatoms. The van der Waals surface area contributed by atoms with Crippen LogP contribution in [0.3, 0.4) is 0 Å². The molecule has 3 unspecified atom stereocenters. The molecule has 1 heterocycles. The summed E-state index contributed by atoms with van der Waals surface area (Å²) in [5.41, 5.74) is 1.83. The number of thiazole rings is 1. The van der Waals surface area contributed by atoms with Gasteiger partial charge in [-0.1, -0.05) is 0 Å². The van der Waals surface area contributed by atoms with Gasteiger partial charge in [-0.3, -0.25) is 9.19 Å². The Labute approximate surface area is 91.4 Å². The molecule has 3 nitrogen and oxygen atoms in total. The molecule has 3 atom stereocenters. The van der Waals surface area contributed by atoms with Crippen LogP contribution in [-0.4, -0.2) is 27.2 Å².